The van der Waals surface area contributed by atoms with Crippen LogP contribution in [-0.4, -0.2) is 20.6 Å². The van der Waals surface area contributed by atoms with Crippen molar-refractivity contribution in [3.8, 4) is 0 Å². The summed E-state index contributed by atoms with van der Waals surface area (Å²) < 4.78 is 6.74. The first-order valence-electron chi connectivity index (χ1n) is 5.96. The Labute approximate surface area is 115 Å². The summed E-state index contributed by atoms with van der Waals surface area (Å²) in [7, 11) is 1.76. The van der Waals surface area contributed by atoms with Gasteiger partial charge in [-0.25, -0.2) is 0 Å². The molecule has 6 nitrogen and oxygen atoms in total. The minimum Gasteiger partial charge on any atom is -0.345 e. The highest BCUT2D eigenvalue weighted by Gasteiger charge is 2.18. The van der Waals surface area contributed by atoms with E-state index in [1.807, 2.05) is 6.92 Å². The van der Waals surface area contributed by atoms with Crippen LogP contribution in [0.5, 0.6) is 0 Å². The minimum atomic E-state index is -0.353. The van der Waals surface area contributed by atoms with Crippen molar-refractivity contribution in [2.45, 2.75) is 26.3 Å². The highest BCUT2D eigenvalue weighted by molar-refractivity contribution is 6.31. The molecule has 102 valence electrons. The van der Waals surface area contributed by atoms with Gasteiger partial charge in [0.15, 0.2) is 5.82 Å². The van der Waals surface area contributed by atoms with Crippen LogP contribution in [0.3, 0.4) is 0 Å². The smallest absolute Gasteiger partial charge is 0.268 e. The second kappa shape index (κ2) is 5.44. The molecule has 0 aliphatic carbocycles. The Balaban J connectivity index is 2.08. The number of nitrogens with one attached hydrogen (secondary N) is 1. The van der Waals surface area contributed by atoms with Gasteiger partial charge in [0.25, 0.3) is 5.91 Å². The van der Waals surface area contributed by atoms with Gasteiger partial charge >= 0.3 is 0 Å². The second-order valence-corrected chi connectivity index (χ2v) is 4.69. The van der Waals surface area contributed by atoms with E-state index >= 15 is 0 Å². The van der Waals surface area contributed by atoms with Crippen LogP contribution in [0.2, 0.25) is 5.02 Å². The molecule has 0 aromatic carbocycles. The van der Waals surface area contributed by atoms with Crippen molar-refractivity contribution in [2.75, 3.05) is 0 Å². The van der Waals surface area contributed by atoms with Gasteiger partial charge in [0.05, 0.1) is 5.02 Å². The van der Waals surface area contributed by atoms with Crippen LogP contribution < -0.4 is 5.32 Å². The molecule has 1 atom stereocenters. The van der Waals surface area contributed by atoms with E-state index in [4.69, 9.17) is 16.1 Å². The maximum atomic E-state index is 12.1. The summed E-state index contributed by atoms with van der Waals surface area (Å²) in [5.74, 6) is 0.779. The standard InChI is InChI=1S/C12H15ClN4O2/c1-4-10-15-12(19-16-10)7(2)14-11(18)9-5-8(13)6-17(9)3/h5-7H,4H2,1-3H3,(H,14,18)/t7-/m1/s1. The van der Waals surface area contributed by atoms with Crippen LogP contribution in [0.15, 0.2) is 16.8 Å². The van der Waals surface area contributed by atoms with Gasteiger partial charge in [-0.2, -0.15) is 4.98 Å². The van der Waals surface area contributed by atoms with Crippen molar-refractivity contribution >= 4 is 17.5 Å². The Bertz CT molecular complexity index is 590. The van der Waals surface area contributed by atoms with Gasteiger partial charge in [0, 0.05) is 19.7 Å². The highest BCUT2D eigenvalue weighted by atomic mass is 35.5. The molecule has 0 saturated carbocycles. The van der Waals surface area contributed by atoms with E-state index in [1.165, 1.54) is 0 Å². The molecule has 0 saturated heterocycles. The van der Waals surface area contributed by atoms with Gasteiger partial charge in [-0.05, 0) is 13.0 Å². The zero-order valence-corrected chi connectivity index (χ0v) is 11.7. The average molecular weight is 283 g/mol. The SMILES string of the molecule is CCc1noc([C@@H](C)NC(=O)c2cc(Cl)cn2C)n1. The molecule has 0 unspecified atom stereocenters. The highest BCUT2D eigenvalue weighted by Crippen LogP contribution is 2.15. The predicted molar refractivity (Wildman–Crippen MR) is 70.0 cm³/mol. The molecule has 2 heterocycles. The first kappa shape index (κ1) is 13.6. The lowest BCUT2D eigenvalue weighted by molar-refractivity contribution is 0.0924. The first-order valence-corrected chi connectivity index (χ1v) is 6.34. The normalized spacial score (nSPS) is 12.4. The number of rotatable bonds is 4. The third-order valence-electron chi connectivity index (χ3n) is 2.72. The Hall–Kier alpha value is -1.82. The third-order valence-corrected chi connectivity index (χ3v) is 2.93. The summed E-state index contributed by atoms with van der Waals surface area (Å²) in [6.45, 7) is 3.72. The molecule has 2 aromatic rings. The number of amides is 1. The molecule has 2 rings (SSSR count). The molecule has 7 heteroatoms. The summed E-state index contributed by atoms with van der Waals surface area (Å²) in [4.78, 5) is 16.2. The van der Waals surface area contributed by atoms with E-state index < -0.39 is 0 Å². The molecule has 19 heavy (non-hydrogen) atoms. The van der Waals surface area contributed by atoms with Gasteiger partial charge < -0.3 is 14.4 Å². The number of halogens is 1. The van der Waals surface area contributed by atoms with E-state index in [2.05, 4.69) is 15.5 Å². The zero-order valence-electron chi connectivity index (χ0n) is 11.0. The molecule has 1 amide bonds. The number of carbonyl (C=O) groups excluding carboxylic acids is 1. The lowest BCUT2D eigenvalue weighted by Crippen LogP contribution is -2.28. The summed E-state index contributed by atoms with van der Waals surface area (Å²) in [5, 5.41) is 7.10. The summed E-state index contributed by atoms with van der Waals surface area (Å²) >= 11 is 5.84. The Morgan fingerprint density at radius 2 is 2.37 bits per heavy atom. The number of hydrogen-bond acceptors (Lipinski definition) is 4. The van der Waals surface area contributed by atoms with Crippen molar-refractivity contribution < 1.29 is 9.32 Å². The molecule has 0 bridgehead atoms. The zero-order chi connectivity index (χ0) is 14.0. The topological polar surface area (TPSA) is 73.0 Å². The minimum absolute atomic E-state index is 0.238. The van der Waals surface area contributed by atoms with Crippen LogP contribution in [0.1, 0.15) is 42.1 Å². The van der Waals surface area contributed by atoms with E-state index in [9.17, 15) is 4.79 Å². The van der Waals surface area contributed by atoms with E-state index in [0.717, 1.165) is 0 Å². The maximum Gasteiger partial charge on any atom is 0.268 e. The molecule has 0 spiro atoms. The van der Waals surface area contributed by atoms with Gasteiger partial charge in [0.2, 0.25) is 5.89 Å². The predicted octanol–water partition coefficient (Wildman–Crippen LogP) is 2.11. The number of hydrogen-bond donors (Lipinski definition) is 1. The average Bonchev–Trinajstić information content (AvgIpc) is 2.95. The Morgan fingerprint density at radius 3 is 2.89 bits per heavy atom. The molecule has 2 aromatic heterocycles. The monoisotopic (exact) mass is 282 g/mol. The lowest BCUT2D eigenvalue weighted by atomic mass is 10.3. The van der Waals surface area contributed by atoms with Crippen LogP contribution in [0.4, 0.5) is 0 Å². The van der Waals surface area contributed by atoms with Crippen molar-refractivity contribution in [1.29, 1.82) is 0 Å². The van der Waals surface area contributed by atoms with Crippen molar-refractivity contribution in [2.24, 2.45) is 7.05 Å². The van der Waals surface area contributed by atoms with E-state index in [1.54, 1.807) is 30.8 Å². The summed E-state index contributed by atoms with van der Waals surface area (Å²) in [5.41, 5.74) is 0.479. The molecule has 0 radical (unpaired) electrons. The number of aryl methyl sites for hydroxylation is 2. The molecule has 0 aliphatic rings. The lowest BCUT2D eigenvalue weighted by Gasteiger charge is -2.09. The fraction of sp³-hybridized carbons (Fsp3) is 0.417. The Kier molecular flexibility index (Phi) is 3.90. The fourth-order valence-corrected chi connectivity index (χ4v) is 1.92. The van der Waals surface area contributed by atoms with Gasteiger partial charge in [0.1, 0.15) is 11.7 Å². The van der Waals surface area contributed by atoms with Crippen LogP contribution in [-0.2, 0) is 13.5 Å². The summed E-state index contributed by atoms with van der Waals surface area (Å²) in [6, 6.07) is 1.25. The third kappa shape index (κ3) is 2.96. The number of carbonyl (C=O) groups is 1. The van der Waals surface area contributed by atoms with Crippen LogP contribution in [0.25, 0.3) is 0 Å². The van der Waals surface area contributed by atoms with E-state index in [-0.39, 0.29) is 11.9 Å². The van der Waals surface area contributed by atoms with Crippen LogP contribution >= 0.6 is 11.6 Å². The van der Waals surface area contributed by atoms with Gasteiger partial charge in [-0.15, -0.1) is 0 Å². The van der Waals surface area contributed by atoms with Crippen molar-refractivity contribution in [1.82, 2.24) is 20.0 Å². The van der Waals surface area contributed by atoms with Crippen LogP contribution in [0, 0.1) is 0 Å². The van der Waals surface area contributed by atoms with Gasteiger partial charge in [-0.1, -0.05) is 23.7 Å². The number of nitrogens with zero attached hydrogens (tertiary/aromatic N) is 3. The van der Waals surface area contributed by atoms with Gasteiger partial charge in [-0.3, -0.25) is 4.79 Å². The summed E-state index contributed by atoms with van der Waals surface area (Å²) in [6.07, 6.45) is 2.36. The first-order chi connectivity index (χ1) is 9.01. The fourth-order valence-electron chi connectivity index (χ4n) is 1.67. The molecular weight excluding hydrogens is 268 g/mol. The molecule has 0 aliphatic heterocycles. The molecule has 0 fully saturated rings. The molecular formula is C12H15ClN4O2. The van der Waals surface area contributed by atoms with E-state index in [0.29, 0.717) is 28.9 Å². The quantitative estimate of drug-likeness (QED) is 0.932. The second-order valence-electron chi connectivity index (χ2n) is 4.25. The maximum absolute atomic E-state index is 12.1. The molecule has 1 N–H and O–H groups in total. The Morgan fingerprint density at radius 1 is 1.63 bits per heavy atom. The van der Waals surface area contributed by atoms with Crippen molar-refractivity contribution in [3.63, 3.8) is 0 Å². The van der Waals surface area contributed by atoms with Crippen molar-refractivity contribution in [3.05, 3.63) is 34.7 Å². The number of aromatic nitrogens is 3. The largest absolute Gasteiger partial charge is 0.345 e.